The van der Waals surface area contributed by atoms with Crippen LogP contribution in [-0.4, -0.2) is 51.9 Å². The minimum atomic E-state index is 0.320. The maximum absolute atomic E-state index is 12.0. The van der Waals surface area contributed by atoms with Gasteiger partial charge in [0.05, 0.1) is 0 Å². The van der Waals surface area contributed by atoms with E-state index in [4.69, 9.17) is 9.97 Å². The monoisotopic (exact) mass is 460 g/mol. The van der Waals surface area contributed by atoms with E-state index in [2.05, 4.69) is 47.9 Å². The molecule has 2 atom stereocenters. The zero-order valence-electron chi connectivity index (χ0n) is 21.1. The van der Waals surface area contributed by atoms with Crippen LogP contribution < -0.4 is 4.90 Å². The van der Waals surface area contributed by atoms with Crippen molar-refractivity contribution in [1.82, 2.24) is 14.9 Å². The van der Waals surface area contributed by atoms with Crippen LogP contribution in [0, 0.1) is 11.8 Å². The van der Waals surface area contributed by atoms with Crippen LogP contribution >= 0.6 is 0 Å². The number of ketones is 1. The fraction of sp³-hybridized carbons (Fsp3) is 0.621. The number of nitrogens with zero attached hydrogens (tertiary/aromatic N) is 4. The van der Waals surface area contributed by atoms with Gasteiger partial charge in [-0.2, -0.15) is 0 Å². The molecule has 1 aromatic carbocycles. The Morgan fingerprint density at radius 3 is 2.09 bits per heavy atom. The smallest absolute Gasteiger partial charge is 0.225 e. The summed E-state index contributed by atoms with van der Waals surface area (Å²) in [5.74, 6) is 2.39. The highest BCUT2D eigenvalue weighted by atomic mass is 16.1. The molecule has 2 aliphatic heterocycles. The highest BCUT2D eigenvalue weighted by Crippen LogP contribution is 2.35. The molecule has 1 aliphatic carbocycles. The van der Waals surface area contributed by atoms with Crippen molar-refractivity contribution in [2.75, 3.05) is 18.0 Å². The van der Waals surface area contributed by atoms with Gasteiger partial charge in [-0.1, -0.05) is 31.2 Å². The lowest BCUT2D eigenvalue weighted by molar-refractivity contribution is -0.123. The quantitative estimate of drug-likeness (QED) is 0.543. The summed E-state index contributed by atoms with van der Waals surface area (Å²) < 4.78 is 0. The van der Waals surface area contributed by atoms with Gasteiger partial charge < -0.3 is 4.90 Å². The predicted molar refractivity (Wildman–Crippen MR) is 138 cm³/mol. The van der Waals surface area contributed by atoms with Crippen LogP contribution in [0.25, 0.3) is 11.1 Å². The first kappa shape index (κ1) is 23.5. The molecule has 3 fully saturated rings. The van der Waals surface area contributed by atoms with Gasteiger partial charge in [-0.15, -0.1) is 0 Å². The van der Waals surface area contributed by atoms with Gasteiger partial charge in [-0.25, -0.2) is 9.97 Å². The number of hydrogen-bond donors (Lipinski definition) is 0. The zero-order valence-corrected chi connectivity index (χ0v) is 21.1. The minimum Gasteiger partial charge on any atom is -0.332 e. The molecule has 0 N–H and O–H groups in total. The van der Waals surface area contributed by atoms with Gasteiger partial charge in [-0.3, -0.25) is 9.69 Å². The third-order valence-electron chi connectivity index (χ3n) is 8.57. The van der Waals surface area contributed by atoms with Crippen LogP contribution in [0.4, 0.5) is 5.95 Å². The van der Waals surface area contributed by atoms with Crippen molar-refractivity contribution < 1.29 is 4.79 Å². The summed E-state index contributed by atoms with van der Waals surface area (Å²) in [7, 11) is 0. The molecule has 3 heterocycles. The second-order valence-corrected chi connectivity index (χ2v) is 11.1. The third-order valence-corrected chi connectivity index (χ3v) is 8.57. The molecule has 5 rings (SSSR count). The number of carbonyl (C=O) groups is 1. The van der Waals surface area contributed by atoms with Crippen LogP contribution in [0.5, 0.6) is 0 Å². The Kier molecular flexibility index (Phi) is 7.01. The molecule has 2 bridgehead atoms. The molecule has 2 unspecified atom stereocenters. The number of benzene rings is 1. The van der Waals surface area contributed by atoms with Crippen molar-refractivity contribution in [3.8, 4) is 11.1 Å². The highest BCUT2D eigenvalue weighted by Gasteiger charge is 2.41. The summed E-state index contributed by atoms with van der Waals surface area (Å²) in [6, 6.07) is 10.6. The first-order chi connectivity index (χ1) is 16.5. The van der Waals surface area contributed by atoms with Crippen molar-refractivity contribution in [3.63, 3.8) is 0 Å². The molecule has 3 aliphatic rings. The van der Waals surface area contributed by atoms with Crippen molar-refractivity contribution in [2.45, 2.75) is 90.3 Å². The number of likely N-dealkylation sites (tertiary alicyclic amines) is 1. The average Bonchev–Trinajstić information content (AvgIpc) is 3.13. The number of rotatable bonds is 7. The average molecular weight is 461 g/mol. The molecule has 0 spiro atoms. The van der Waals surface area contributed by atoms with Crippen LogP contribution in [0.2, 0.25) is 0 Å². The molecule has 182 valence electrons. The van der Waals surface area contributed by atoms with Crippen molar-refractivity contribution >= 4 is 11.7 Å². The topological polar surface area (TPSA) is 49.3 Å². The Balaban J connectivity index is 1.18. The third kappa shape index (κ3) is 4.91. The number of carbonyl (C=O) groups excluding carboxylic acids is 1. The van der Waals surface area contributed by atoms with Gasteiger partial charge >= 0.3 is 0 Å². The van der Waals surface area contributed by atoms with E-state index in [1.807, 2.05) is 19.3 Å². The fourth-order valence-corrected chi connectivity index (χ4v) is 6.43. The van der Waals surface area contributed by atoms with Crippen molar-refractivity contribution in [3.05, 3.63) is 42.2 Å². The number of anilines is 1. The van der Waals surface area contributed by atoms with Crippen LogP contribution in [0.3, 0.4) is 0 Å². The number of piperazine rings is 1. The second-order valence-electron chi connectivity index (χ2n) is 11.1. The van der Waals surface area contributed by atoms with E-state index in [0.29, 0.717) is 42.2 Å². The molecule has 34 heavy (non-hydrogen) atoms. The Morgan fingerprint density at radius 2 is 1.53 bits per heavy atom. The minimum absolute atomic E-state index is 0.320. The Labute approximate surface area is 205 Å². The normalized spacial score (nSPS) is 27.4. The molecule has 2 saturated heterocycles. The summed E-state index contributed by atoms with van der Waals surface area (Å²) in [6.07, 6.45) is 12.8. The molecule has 1 aromatic heterocycles. The maximum Gasteiger partial charge on any atom is 0.225 e. The van der Waals surface area contributed by atoms with Crippen LogP contribution in [-0.2, 0) is 11.2 Å². The van der Waals surface area contributed by atoms with Crippen molar-refractivity contribution in [2.24, 2.45) is 11.8 Å². The summed E-state index contributed by atoms with van der Waals surface area (Å²) in [6.45, 7) is 8.83. The van der Waals surface area contributed by atoms with E-state index in [1.54, 1.807) is 0 Å². The molecule has 0 amide bonds. The van der Waals surface area contributed by atoms with Crippen LogP contribution in [0.15, 0.2) is 36.7 Å². The highest BCUT2D eigenvalue weighted by molar-refractivity contribution is 5.80. The lowest BCUT2D eigenvalue weighted by atomic mass is 9.77. The maximum atomic E-state index is 12.0. The van der Waals surface area contributed by atoms with Gasteiger partial charge in [0, 0.05) is 61.5 Å². The summed E-state index contributed by atoms with van der Waals surface area (Å²) in [4.78, 5) is 26.7. The Hall–Kier alpha value is -2.27. The van der Waals surface area contributed by atoms with Gasteiger partial charge in [-0.05, 0) is 75.8 Å². The number of Topliss-reactive ketones (excluding diaryl/α,β-unsaturated/α-hetero) is 1. The summed E-state index contributed by atoms with van der Waals surface area (Å²) in [5, 5.41) is 0. The Morgan fingerprint density at radius 1 is 0.912 bits per heavy atom. The lowest BCUT2D eigenvalue weighted by Crippen LogP contribution is -2.56. The number of fused-ring (bicyclic) bond motifs is 2. The molecule has 1 saturated carbocycles. The molecular formula is C29H40N4O. The first-order valence-electron chi connectivity index (χ1n) is 13.5. The zero-order chi connectivity index (χ0) is 23.7. The van der Waals surface area contributed by atoms with Crippen LogP contribution in [0.1, 0.15) is 71.3 Å². The lowest BCUT2D eigenvalue weighted by Gasteiger charge is -2.42. The van der Waals surface area contributed by atoms with Gasteiger partial charge in [0.15, 0.2) is 0 Å². The predicted octanol–water partition coefficient (Wildman–Crippen LogP) is 5.53. The van der Waals surface area contributed by atoms with Gasteiger partial charge in [0.1, 0.15) is 5.78 Å². The second kappa shape index (κ2) is 10.2. The van der Waals surface area contributed by atoms with E-state index >= 15 is 0 Å². The SMILES string of the molecule is CCC(=O)C1CCC(Cc2ccc(-c3cnc(N4C5CCC4CN(C(C)C)C5)nc3)cc2)CC1. The number of aromatic nitrogens is 2. The van der Waals surface area contributed by atoms with E-state index < -0.39 is 0 Å². The van der Waals surface area contributed by atoms with Crippen molar-refractivity contribution in [1.29, 1.82) is 0 Å². The number of hydrogen-bond acceptors (Lipinski definition) is 5. The van der Waals surface area contributed by atoms with E-state index in [9.17, 15) is 4.79 Å². The van der Waals surface area contributed by atoms with E-state index in [1.165, 1.54) is 36.8 Å². The largest absolute Gasteiger partial charge is 0.332 e. The van der Waals surface area contributed by atoms with E-state index in [0.717, 1.165) is 43.9 Å². The molecule has 5 nitrogen and oxygen atoms in total. The summed E-state index contributed by atoms with van der Waals surface area (Å²) >= 11 is 0. The fourth-order valence-electron chi connectivity index (χ4n) is 6.43. The molecular weight excluding hydrogens is 420 g/mol. The Bertz CT molecular complexity index is 949. The molecule has 2 aromatic rings. The van der Waals surface area contributed by atoms with Gasteiger partial charge in [0.25, 0.3) is 0 Å². The standard InChI is InChI=1S/C29H40N4O/c1-4-28(34)24-11-7-22(8-12-24)15-21-5-9-23(10-6-21)25-16-30-29(31-17-25)33-26-13-14-27(33)19-32(18-26)20(2)3/h5-6,9-10,16-17,20,22,24,26-27H,4,7-8,11-15,18-19H2,1-3H3. The molecule has 0 radical (unpaired) electrons. The summed E-state index contributed by atoms with van der Waals surface area (Å²) in [5.41, 5.74) is 3.66. The van der Waals surface area contributed by atoms with Gasteiger partial charge in [0.2, 0.25) is 5.95 Å². The first-order valence-corrected chi connectivity index (χ1v) is 13.5. The molecule has 5 heteroatoms. The van der Waals surface area contributed by atoms with E-state index in [-0.39, 0.29) is 0 Å².